The summed E-state index contributed by atoms with van der Waals surface area (Å²) < 4.78 is 0. The van der Waals surface area contributed by atoms with Crippen LogP contribution < -0.4 is 11.1 Å². The first-order chi connectivity index (χ1) is 12.4. The minimum absolute atomic E-state index is 0.157. The molecule has 3 rings (SSSR count). The van der Waals surface area contributed by atoms with Crippen LogP contribution in [0, 0.1) is 0 Å². The Balaban J connectivity index is 1.80. The van der Waals surface area contributed by atoms with E-state index in [0.717, 1.165) is 5.39 Å². The molecule has 1 atom stereocenters. The Bertz CT molecular complexity index is 991. The zero-order valence-electron chi connectivity index (χ0n) is 13.6. The van der Waals surface area contributed by atoms with E-state index in [0.29, 0.717) is 21.1 Å². The highest BCUT2D eigenvalue weighted by Gasteiger charge is 2.21. The number of halogens is 2. The molecule has 132 valence electrons. The zero-order chi connectivity index (χ0) is 18.7. The van der Waals surface area contributed by atoms with Crippen molar-refractivity contribution in [2.45, 2.75) is 12.5 Å². The lowest BCUT2D eigenvalue weighted by atomic mass is 10.0. The minimum Gasteiger partial charge on any atom is -0.368 e. The van der Waals surface area contributed by atoms with Crippen molar-refractivity contribution in [1.29, 1.82) is 0 Å². The maximum absolute atomic E-state index is 12.5. The highest BCUT2D eigenvalue weighted by Crippen LogP contribution is 2.22. The molecule has 1 heterocycles. The third-order valence-electron chi connectivity index (χ3n) is 3.92. The van der Waals surface area contributed by atoms with Gasteiger partial charge in [-0.2, -0.15) is 0 Å². The first kappa shape index (κ1) is 18.2. The molecule has 5 nitrogen and oxygen atoms in total. The van der Waals surface area contributed by atoms with Crippen molar-refractivity contribution in [3.05, 3.63) is 75.9 Å². The Morgan fingerprint density at radius 3 is 2.58 bits per heavy atom. The summed E-state index contributed by atoms with van der Waals surface area (Å²) in [4.78, 5) is 28.6. The fourth-order valence-corrected chi connectivity index (χ4v) is 3.04. The molecule has 0 bridgehead atoms. The zero-order valence-corrected chi connectivity index (χ0v) is 15.1. The highest BCUT2D eigenvalue weighted by atomic mass is 35.5. The minimum atomic E-state index is -0.922. The second kappa shape index (κ2) is 7.72. The van der Waals surface area contributed by atoms with Crippen LogP contribution in [0.3, 0.4) is 0 Å². The molecule has 3 aromatic rings. The van der Waals surface area contributed by atoms with Crippen molar-refractivity contribution in [3.63, 3.8) is 0 Å². The molecule has 1 aromatic heterocycles. The number of nitrogens with one attached hydrogen (secondary N) is 1. The number of amides is 2. The number of nitrogens with two attached hydrogens (primary N) is 1. The molecular formula is C19H15Cl2N3O2. The van der Waals surface area contributed by atoms with Crippen LogP contribution >= 0.6 is 23.2 Å². The van der Waals surface area contributed by atoms with Gasteiger partial charge in [0.25, 0.3) is 5.91 Å². The number of primary amides is 1. The summed E-state index contributed by atoms with van der Waals surface area (Å²) in [5, 5.41) is 4.43. The number of carbonyl (C=O) groups is 2. The Labute approximate surface area is 160 Å². The molecule has 0 saturated carbocycles. The van der Waals surface area contributed by atoms with Gasteiger partial charge in [-0.25, -0.2) is 4.98 Å². The van der Waals surface area contributed by atoms with E-state index >= 15 is 0 Å². The van der Waals surface area contributed by atoms with Gasteiger partial charge < -0.3 is 11.1 Å². The van der Waals surface area contributed by atoms with Crippen LogP contribution in [-0.4, -0.2) is 22.8 Å². The van der Waals surface area contributed by atoms with Gasteiger partial charge in [0.05, 0.1) is 5.52 Å². The number of aromatic nitrogens is 1. The molecule has 7 heteroatoms. The lowest BCUT2D eigenvalue weighted by Crippen LogP contribution is -2.46. The second-order valence-corrected chi connectivity index (χ2v) is 6.60. The average molecular weight is 388 g/mol. The standard InChI is InChI=1S/C19H15Cl2N3O2/c20-13-7-5-12(14(21)10-13)9-17(18(22)25)24-19(26)16-8-6-11-3-1-2-4-15(11)23-16/h1-8,10,17H,9H2,(H2,22,25)(H,24,26)/t17-/m1/s1. The van der Waals surface area contributed by atoms with E-state index in [9.17, 15) is 9.59 Å². The van der Waals surface area contributed by atoms with Gasteiger partial charge in [0.15, 0.2) is 0 Å². The molecule has 0 fully saturated rings. The molecule has 0 aliphatic heterocycles. The molecule has 0 aliphatic carbocycles. The Hall–Kier alpha value is -2.63. The normalized spacial score (nSPS) is 11.9. The van der Waals surface area contributed by atoms with Crippen LogP contribution in [0.15, 0.2) is 54.6 Å². The van der Waals surface area contributed by atoms with Gasteiger partial charge >= 0.3 is 0 Å². The highest BCUT2D eigenvalue weighted by molar-refractivity contribution is 6.35. The van der Waals surface area contributed by atoms with Crippen molar-refractivity contribution in [1.82, 2.24) is 10.3 Å². The lowest BCUT2D eigenvalue weighted by molar-refractivity contribution is -0.119. The maximum Gasteiger partial charge on any atom is 0.270 e. The first-order valence-electron chi connectivity index (χ1n) is 7.84. The van der Waals surface area contributed by atoms with E-state index in [1.807, 2.05) is 24.3 Å². The van der Waals surface area contributed by atoms with E-state index in [2.05, 4.69) is 10.3 Å². The van der Waals surface area contributed by atoms with Crippen LogP contribution in [0.1, 0.15) is 16.1 Å². The predicted octanol–water partition coefficient (Wildman–Crippen LogP) is 3.37. The topological polar surface area (TPSA) is 85.1 Å². The summed E-state index contributed by atoms with van der Waals surface area (Å²) in [5.41, 5.74) is 6.99. The molecule has 26 heavy (non-hydrogen) atoms. The summed E-state index contributed by atoms with van der Waals surface area (Å²) in [5.74, 6) is -1.14. The number of para-hydroxylation sites is 1. The number of hydrogen-bond donors (Lipinski definition) is 2. The summed E-state index contributed by atoms with van der Waals surface area (Å²) in [6, 6.07) is 14.8. The number of hydrogen-bond acceptors (Lipinski definition) is 3. The number of pyridine rings is 1. The second-order valence-electron chi connectivity index (χ2n) is 5.76. The average Bonchev–Trinajstić information content (AvgIpc) is 2.62. The molecule has 3 N–H and O–H groups in total. The molecule has 2 amide bonds. The quantitative estimate of drug-likeness (QED) is 0.703. The molecule has 0 unspecified atom stereocenters. The van der Waals surface area contributed by atoms with Gasteiger partial charge in [0.2, 0.25) is 5.91 Å². The molecule has 0 spiro atoms. The molecule has 0 radical (unpaired) electrons. The molecular weight excluding hydrogens is 373 g/mol. The van der Waals surface area contributed by atoms with E-state index in [1.54, 1.807) is 30.3 Å². The van der Waals surface area contributed by atoms with E-state index in [-0.39, 0.29) is 12.1 Å². The molecule has 0 saturated heterocycles. The SMILES string of the molecule is NC(=O)[C@@H](Cc1ccc(Cl)cc1Cl)NC(=O)c1ccc2ccccc2n1. The van der Waals surface area contributed by atoms with Crippen molar-refractivity contribution in [2.75, 3.05) is 0 Å². The summed E-state index contributed by atoms with van der Waals surface area (Å²) in [6.07, 6.45) is 0.157. The van der Waals surface area contributed by atoms with Gasteiger partial charge in [-0.1, -0.05) is 53.5 Å². The molecule has 0 aliphatic rings. The fraction of sp³-hybridized carbons (Fsp3) is 0.105. The third kappa shape index (κ3) is 4.12. The number of benzene rings is 2. The van der Waals surface area contributed by atoms with Crippen molar-refractivity contribution in [3.8, 4) is 0 Å². The number of fused-ring (bicyclic) bond motifs is 1. The maximum atomic E-state index is 12.5. The largest absolute Gasteiger partial charge is 0.368 e. The summed E-state index contributed by atoms with van der Waals surface area (Å²) in [7, 11) is 0. The smallest absolute Gasteiger partial charge is 0.270 e. The lowest BCUT2D eigenvalue weighted by Gasteiger charge is -2.16. The number of carbonyl (C=O) groups excluding carboxylic acids is 2. The van der Waals surface area contributed by atoms with Crippen molar-refractivity contribution in [2.24, 2.45) is 5.73 Å². The Morgan fingerprint density at radius 2 is 1.85 bits per heavy atom. The van der Waals surface area contributed by atoms with Crippen molar-refractivity contribution >= 4 is 45.9 Å². The fourth-order valence-electron chi connectivity index (χ4n) is 2.55. The summed E-state index contributed by atoms with van der Waals surface area (Å²) in [6.45, 7) is 0. The van der Waals surface area contributed by atoms with Gasteiger partial charge in [-0.05, 0) is 29.8 Å². The van der Waals surface area contributed by atoms with E-state index in [1.165, 1.54) is 0 Å². The monoisotopic (exact) mass is 387 g/mol. The van der Waals surface area contributed by atoms with Gasteiger partial charge in [0.1, 0.15) is 11.7 Å². The Kier molecular flexibility index (Phi) is 5.40. The van der Waals surface area contributed by atoms with Crippen LogP contribution in [0.5, 0.6) is 0 Å². The first-order valence-corrected chi connectivity index (χ1v) is 8.59. The number of nitrogens with zero attached hydrogens (tertiary/aromatic N) is 1. The van der Waals surface area contributed by atoms with Crippen LogP contribution in [0.25, 0.3) is 10.9 Å². The Morgan fingerprint density at radius 1 is 1.08 bits per heavy atom. The number of rotatable bonds is 5. The van der Waals surface area contributed by atoms with Crippen molar-refractivity contribution < 1.29 is 9.59 Å². The summed E-state index contributed by atoms with van der Waals surface area (Å²) >= 11 is 12.0. The van der Waals surface area contributed by atoms with E-state index < -0.39 is 17.9 Å². The van der Waals surface area contributed by atoms with Gasteiger partial charge in [0, 0.05) is 21.9 Å². The van der Waals surface area contributed by atoms with Gasteiger partial charge in [-0.15, -0.1) is 0 Å². The third-order valence-corrected chi connectivity index (χ3v) is 4.51. The molecule has 2 aromatic carbocycles. The predicted molar refractivity (Wildman–Crippen MR) is 102 cm³/mol. The van der Waals surface area contributed by atoms with Crippen LogP contribution in [0.4, 0.5) is 0 Å². The van der Waals surface area contributed by atoms with Crippen LogP contribution in [0.2, 0.25) is 10.0 Å². The van der Waals surface area contributed by atoms with Crippen LogP contribution in [-0.2, 0) is 11.2 Å². The van der Waals surface area contributed by atoms with E-state index in [4.69, 9.17) is 28.9 Å². The van der Waals surface area contributed by atoms with Gasteiger partial charge in [-0.3, -0.25) is 9.59 Å².